The number of nitrogens with zero attached hydrogens (tertiary/aromatic N) is 1. The number of methoxy groups -OCH3 is 1. The van der Waals surface area contributed by atoms with Gasteiger partial charge in [0.05, 0.1) is 7.11 Å². The van der Waals surface area contributed by atoms with Crippen molar-refractivity contribution in [2.24, 2.45) is 0 Å². The van der Waals surface area contributed by atoms with E-state index in [4.69, 9.17) is 14.8 Å². The summed E-state index contributed by atoms with van der Waals surface area (Å²) in [5.74, 6) is 0.867. The van der Waals surface area contributed by atoms with Crippen molar-refractivity contribution in [2.75, 3.05) is 7.11 Å². The van der Waals surface area contributed by atoms with Gasteiger partial charge in [-0.25, -0.2) is 0 Å². The van der Waals surface area contributed by atoms with Crippen LogP contribution in [0.3, 0.4) is 0 Å². The summed E-state index contributed by atoms with van der Waals surface area (Å²) in [6, 6.07) is 11.9. The molecule has 0 unspecified atom stereocenters. The fraction of sp³-hybridized carbons (Fsp3) is 0.0833. The summed E-state index contributed by atoms with van der Waals surface area (Å²) < 4.78 is 5.16. The van der Waals surface area contributed by atoms with E-state index in [1.807, 2.05) is 42.6 Å². The highest BCUT2D eigenvalue weighted by atomic mass is 16.5. The van der Waals surface area contributed by atoms with E-state index in [2.05, 4.69) is 4.98 Å². The van der Waals surface area contributed by atoms with E-state index in [1.54, 1.807) is 13.3 Å². The molecular weight excluding hydrogens is 217 g/mol. The highest BCUT2D eigenvalue weighted by molar-refractivity contribution is 6.13. The van der Waals surface area contributed by atoms with Gasteiger partial charge in [0.1, 0.15) is 5.75 Å². The Morgan fingerprint density at radius 3 is 2.41 bits per heavy atom. The van der Waals surface area contributed by atoms with Crippen LogP contribution in [-0.4, -0.2) is 29.8 Å². The molecular formula is C12H14BNO3. The highest BCUT2D eigenvalue weighted by Gasteiger charge is 1.97. The van der Waals surface area contributed by atoms with Gasteiger partial charge in [-0.3, -0.25) is 4.98 Å². The molecule has 1 aromatic heterocycles. The molecule has 0 spiro atoms. The second kappa shape index (κ2) is 7.43. The Labute approximate surface area is 101 Å². The molecule has 0 fully saturated rings. The Hall–Kier alpha value is -1.85. The molecule has 17 heavy (non-hydrogen) atoms. The molecule has 1 heterocycles. The maximum atomic E-state index is 7.12. The fourth-order valence-corrected chi connectivity index (χ4v) is 1.34. The van der Waals surface area contributed by atoms with Crippen LogP contribution in [0, 0.1) is 0 Å². The first-order valence-electron chi connectivity index (χ1n) is 5.08. The molecule has 1 aromatic carbocycles. The van der Waals surface area contributed by atoms with Gasteiger partial charge in [0.2, 0.25) is 0 Å². The largest absolute Gasteiger partial charge is 0.497 e. The van der Waals surface area contributed by atoms with Crippen LogP contribution in [0.15, 0.2) is 48.8 Å². The minimum Gasteiger partial charge on any atom is -0.497 e. The van der Waals surface area contributed by atoms with E-state index in [9.17, 15) is 0 Å². The van der Waals surface area contributed by atoms with Crippen LogP contribution in [0.4, 0.5) is 0 Å². The van der Waals surface area contributed by atoms with Crippen LogP contribution in [0.1, 0.15) is 0 Å². The van der Waals surface area contributed by atoms with Gasteiger partial charge in [0.15, 0.2) is 0 Å². The number of ether oxygens (including phenoxy) is 1. The second-order valence-corrected chi connectivity index (χ2v) is 3.12. The van der Waals surface area contributed by atoms with Crippen molar-refractivity contribution in [1.82, 2.24) is 4.98 Å². The minimum absolute atomic E-state index is 0.750. The summed E-state index contributed by atoms with van der Waals surface area (Å²) in [6.07, 6.45) is 3.61. The molecule has 2 N–H and O–H groups in total. The van der Waals surface area contributed by atoms with Crippen molar-refractivity contribution in [3.05, 3.63) is 48.8 Å². The van der Waals surface area contributed by atoms with Crippen molar-refractivity contribution in [3.8, 4) is 16.9 Å². The summed E-state index contributed by atoms with van der Waals surface area (Å²) in [4.78, 5) is 4.08. The van der Waals surface area contributed by atoms with Crippen molar-refractivity contribution >= 4 is 7.69 Å². The van der Waals surface area contributed by atoms with Crippen LogP contribution < -0.4 is 4.74 Å². The number of hydrogen-bond acceptors (Lipinski definition) is 4. The molecule has 0 saturated carbocycles. The molecule has 0 saturated heterocycles. The number of aromatic nitrogens is 1. The Bertz CT molecular complexity index is 437. The van der Waals surface area contributed by atoms with Gasteiger partial charge in [-0.15, -0.1) is 0 Å². The summed E-state index contributed by atoms with van der Waals surface area (Å²) in [7, 11) is 0.919. The molecule has 0 amide bonds. The van der Waals surface area contributed by atoms with E-state index in [0.717, 1.165) is 16.9 Å². The lowest BCUT2D eigenvalue weighted by molar-refractivity contribution is 0.415. The second-order valence-electron chi connectivity index (χ2n) is 3.12. The first kappa shape index (κ1) is 13.2. The smallest absolute Gasteiger partial charge is 0.432 e. The number of hydrogen-bond donors (Lipinski definition) is 2. The van der Waals surface area contributed by atoms with Gasteiger partial charge < -0.3 is 14.8 Å². The SMILES string of the molecule is COc1cccc(-c2cccnc2)c1.OBO. The standard InChI is InChI=1S/C12H11NO.BH3O2/c1-14-12-6-2-4-10(8-12)11-5-3-7-13-9-11;2-1-3/h2-9H,1H3;1-3H. The van der Waals surface area contributed by atoms with Gasteiger partial charge in [-0.1, -0.05) is 18.2 Å². The van der Waals surface area contributed by atoms with Crippen LogP contribution in [0.5, 0.6) is 5.75 Å². The van der Waals surface area contributed by atoms with Gasteiger partial charge >= 0.3 is 7.69 Å². The molecule has 4 nitrogen and oxygen atoms in total. The number of pyridine rings is 1. The Kier molecular flexibility index (Phi) is 5.78. The van der Waals surface area contributed by atoms with Crippen molar-refractivity contribution in [1.29, 1.82) is 0 Å². The monoisotopic (exact) mass is 231 g/mol. The summed E-state index contributed by atoms with van der Waals surface area (Å²) in [5.41, 5.74) is 2.23. The van der Waals surface area contributed by atoms with E-state index >= 15 is 0 Å². The summed E-state index contributed by atoms with van der Waals surface area (Å²) in [6.45, 7) is 0. The third-order valence-corrected chi connectivity index (χ3v) is 2.06. The lowest BCUT2D eigenvalue weighted by atomic mass is 10.1. The predicted molar refractivity (Wildman–Crippen MR) is 67.8 cm³/mol. The molecule has 0 bridgehead atoms. The van der Waals surface area contributed by atoms with Crippen LogP contribution >= 0.6 is 0 Å². The molecule has 0 aliphatic carbocycles. The van der Waals surface area contributed by atoms with Crippen molar-refractivity contribution in [3.63, 3.8) is 0 Å². The summed E-state index contributed by atoms with van der Waals surface area (Å²) in [5, 5.41) is 14.2. The zero-order chi connectivity index (χ0) is 12.5. The van der Waals surface area contributed by atoms with E-state index in [-0.39, 0.29) is 0 Å². The van der Waals surface area contributed by atoms with Crippen LogP contribution in [0.2, 0.25) is 0 Å². The zero-order valence-corrected chi connectivity index (χ0v) is 9.58. The third kappa shape index (κ3) is 4.26. The Balaban J connectivity index is 0.000000437. The fourth-order valence-electron chi connectivity index (χ4n) is 1.34. The molecule has 0 radical (unpaired) electrons. The lowest BCUT2D eigenvalue weighted by Gasteiger charge is -2.03. The van der Waals surface area contributed by atoms with Gasteiger partial charge in [0, 0.05) is 18.0 Å². The normalized spacial score (nSPS) is 8.88. The van der Waals surface area contributed by atoms with Gasteiger partial charge in [-0.05, 0) is 23.8 Å². The lowest BCUT2D eigenvalue weighted by Crippen LogP contribution is -1.83. The molecule has 5 heteroatoms. The quantitative estimate of drug-likeness (QED) is 0.756. The highest BCUT2D eigenvalue weighted by Crippen LogP contribution is 2.22. The maximum Gasteiger partial charge on any atom is 0.432 e. The maximum absolute atomic E-state index is 7.12. The average molecular weight is 231 g/mol. The molecule has 2 rings (SSSR count). The molecule has 0 atom stereocenters. The van der Waals surface area contributed by atoms with E-state index < -0.39 is 7.69 Å². The van der Waals surface area contributed by atoms with Crippen LogP contribution in [0.25, 0.3) is 11.1 Å². The Morgan fingerprint density at radius 2 is 1.82 bits per heavy atom. The average Bonchev–Trinajstić information content (AvgIpc) is 2.41. The molecule has 0 aliphatic heterocycles. The van der Waals surface area contributed by atoms with E-state index in [1.165, 1.54) is 0 Å². The van der Waals surface area contributed by atoms with Gasteiger partial charge in [0.25, 0.3) is 0 Å². The third-order valence-electron chi connectivity index (χ3n) is 2.06. The first-order valence-corrected chi connectivity index (χ1v) is 5.08. The zero-order valence-electron chi connectivity index (χ0n) is 9.58. The van der Waals surface area contributed by atoms with Crippen molar-refractivity contribution < 1.29 is 14.8 Å². The van der Waals surface area contributed by atoms with Crippen molar-refractivity contribution in [2.45, 2.75) is 0 Å². The minimum atomic E-state index is -0.750. The molecule has 2 aromatic rings. The predicted octanol–water partition coefficient (Wildman–Crippen LogP) is 0.995. The number of rotatable bonds is 2. The molecule has 0 aliphatic rings. The summed E-state index contributed by atoms with van der Waals surface area (Å²) >= 11 is 0. The van der Waals surface area contributed by atoms with Gasteiger partial charge in [-0.2, -0.15) is 0 Å². The molecule has 88 valence electrons. The van der Waals surface area contributed by atoms with E-state index in [0.29, 0.717) is 0 Å². The first-order chi connectivity index (χ1) is 8.31. The topological polar surface area (TPSA) is 62.6 Å². The Morgan fingerprint density at radius 1 is 1.12 bits per heavy atom. The number of benzene rings is 1. The van der Waals surface area contributed by atoms with Crippen LogP contribution in [-0.2, 0) is 0 Å².